The number of nitrogens with two attached hydrogens (primary N) is 1. The Labute approximate surface area is 190 Å². The van der Waals surface area contributed by atoms with Crippen LogP contribution in [0.5, 0.6) is 5.88 Å². The van der Waals surface area contributed by atoms with Crippen LogP contribution in [0.2, 0.25) is 0 Å². The van der Waals surface area contributed by atoms with Gasteiger partial charge in [0.05, 0.1) is 11.4 Å². The molecule has 6 heteroatoms. The first-order valence-corrected chi connectivity index (χ1v) is 11.6. The Balaban J connectivity index is 1.40. The molecule has 1 aromatic heterocycles. The lowest BCUT2D eigenvalue weighted by Crippen LogP contribution is -2.28. The molecule has 1 atom stereocenters. The van der Waals surface area contributed by atoms with Gasteiger partial charge in [0.1, 0.15) is 11.8 Å². The van der Waals surface area contributed by atoms with Crippen LogP contribution in [0.25, 0.3) is 0 Å². The highest BCUT2D eigenvalue weighted by Crippen LogP contribution is 2.38. The van der Waals surface area contributed by atoms with Crippen LogP contribution in [0.4, 0.5) is 11.4 Å². The fraction of sp³-hybridized carbons (Fsp3) is 0.462. The molecule has 0 amide bonds. The number of rotatable bonds is 7. The Morgan fingerprint density at radius 3 is 2.62 bits per heavy atom. The first-order chi connectivity index (χ1) is 15.4. The highest BCUT2D eigenvalue weighted by molar-refractivity contribution is 6.07. The molecular formula is C26H34N4O2. The van der Waals surface area contributed by atoms with E-state index in [1.807, 2.05) is 19.9 Å². The quantitative estimate of drug-likeness (QED) is 0.591. The number of benzene rings is 1. The van der Waals surface area contributed by atoms with Gasteiger partial charge >= 0.3 is 0 Å². The van der Waals surface area contributed by atoms with E-state index in [9.17, 15) is 0 Å². The largest absolute Gasteiger partial charge is 0.467 e. The number of aryl methyl sites for hydroxylation is 1. The van der Waals surface area contributed by atoms with E-state index < -0.39 is 0 Å². The Morgan fingerprint density at radius 2 is 1.94 bits per heavy atom. The molecule has 1 saturated carbocycles. The Morgan fingerprint density at radius 1 is 1.22 bits per heavy atom. The highest BCUT2D eigenvalue weighted by Gasteiger charge is 2.26. The lowest BCUT2D eigenvalue weighted by atomic mass is 9.78. The fourth-order valence-corrected chi connectivity index (χ4v) is 4.73. The smallest absolute Gasteiger partial charge is 0.243 e. The van der Waals surface area contributed by atoms with Gasteiger partial charge in [0.2, 0.25) is 5.88 Å². The van der Waals surface area contributed by atoms with Crippen LogP contribution in [0.1, 0.15) is 61.8 Å². The number of aromatic nitrogens is 1. The molecule has 0 spiro atoms. The van der Waals surface area contributed by atoms with E-state index in [0.29, 0.717) is 35.5 Å². The number of aliphatic hydroxyl groups excluding tert-OH is 1. The summed E-state index contributed by atoms with van der Waals surface area (Å²) < 4.78 is 6.03. The summed E-state index contributed by atoms with van der Waals surface area (Å²) in [5.41, 5.74) is 12.5. The van der Waals surface area contributed by atoms with E-state index in [1.165, 1.54) is 31.2 Å². The summed E-state index contributed by atoms with van der Waals surface area (Å²) in [6, 6.07) is 10.6. The van der Waals surface area contributed by atoms with Crippen molar-refractivity contribution >= 4 is 17.1 Å². The van der Waals surface area contributed by atoms with Crippen molar-refractivity contribution < 1.29 is 9.84 Å². The SMILES string of the molecule is C=C(CCO)NCC1CCC(c2ccc(C3=Nc4c(N)cc(C)nc4OC3C)cc2)CC1. The molecule has 0 saturated heterocycles. The van der Waals surface area contributed by atoms with E-state index in [1.54, 1.807) is 0 Å². The van der Waals surface area contributed by atoms with Gasteiger partial charge in [0.25, 0.3) is 0 Å². The average Bonchev–Trinajstić information content (AvgIpc) is 2.78. The molecule has 6 nitrogen and oxygen atoms in total. The van der Waals surface area contributed by atoms with Gasteiger partial charge in [-0.25, -0.2) is 9.98 Å². The average molecular weight is 435 g/mol. The molecule has 2 aliphatic rings. The molecule has 1 unspecified atom stereocenters. The summed E-state index contributed by atoms with van der Waals surface area (Å²) in [6.45, 7) is 8.98. The topological polar surface area (TPSA) is 92.8 Å². The predicted molar refractivity (Wildman–Crippen MR) is 130 cm³/mol. The fourth-order valence-electron chi connectivity index (χ4n) is 4.73. The summed E-state index contributed by atoms with van der Waals surface area (Å²) in [4.78, 5) is 9.25. The normalized spacial score (nSPS) is 22.5. The van der Waals surface area contributed by atoms with E-state index >= 15 is 0 Å². The molecule has 2 heterocycles. The molecule has 2 aromatic rings. The van der Waals surface area contributed by atoms with Gasteiger partial charge in [0, 0.05) is 31.0 Å². The first kappa shape index (κ1) is 22.3. The second kappa shape index (κ2) is 9.74. The van der Waals surface area contributed by atoms with Crippen LogP contribution in [0.3, 0.4) is 0 Å². The number of nitrogen functional groups attached to an aromatic ring is 1. The molecule has 4 rings (SSSR count). The van der Waals surface area contributed by atoms with Gasteiger partial charge in [-0.1, -0.05) is 30.8 Å². The highest BCUT2D eigenvalue weighted by atomic mass is 16.5. The van der Waals surface area contributed by atoms with Gasteiger partial charge in [-0.2, -0.15) is 0 Å². The van der Waals surface area contributed by atoms with Gasteiger partial charge in [-0.3, -0.25) is 0 Å². The lowest BCUT2D eigenvalue weighted by molar-refractivity contribution is 0.272. The van der Waals surface area contributed by atoms with Gasteiger partial charge < -0.3 is 20.9 Å². The first-order valence-electron chi connectivity index (χ1n) is 11.6. The zero-order chi connectivity index (χ0) is 22.7. The number of nitrogens with zero attached hydrogens (tertiary/aromatic N) is 2. The molecular weight excluding hydrogens is 400 g/mol. The number of hydrogen-bond acceptors (Lipinski definition) is 6. The minimum atomic E-state index is -0.175. The molecule has 32 heavy (non-hydrogen) atoms. The number of nitrogens with one attached hydrogen (secondary N) is 1. The Kier molecular flexibility index (Phi) is 6.80. The van der Waals surface area contributed by atoms with Gasteiger partial charge in [0.15, 0.2) is 0 Å². The van der Waals surface area contributed by atoms with Gasteiger partial charge in [-0.05, 0) is 68.6 Å². The van der Waals surface area contributed by atoms with E-state index in [2.05, 4.69) is 41.1 Å². The van der Waals surface area contributed by atoms with Crippen molar-refractivity contribution in [1.29, 1.82) is 0 Å². The molecule has 1 aromatic carbocycles. The number of anilines is 1. The minimum Gasteiger partial charge on any atom is -0.467 e. The van der Waals surface area contributed by atoms with Crippen LogP contribution in [-0.4, -0.2) is 35.1 Å². The van der Waals surface area contributed by atoms with Crippen LogP contribution in [0.15, 0.2) is 47.6 Å². The minimum absolute atomic E-state index is 0.155. The number of hydrogen-bond donors (Lipinski definition) is 3. The second-order valence-electron chi connectivity index (χ2n) is 9.06. The molecule has 170 valence electrons. The standard InChI is InChI=1S/C26H34N4O2/c1-16(12-13-31)28-15-19-4-6-20(7-5-19)21-8-10-22(11-9-21)24-18(3)32-26-25(30-24)23(27)14-17(2)29-26/h8-11,14,18-20,28,31H,1,4-7,12-13,15H2,2-3H3,(H2,27,29). The third kappa shape index (κ3) is 4.96. The van der Waals surface area contributed by atoms with Crippen molar-refractivity contribution in [1.82, 2.24) is 10.3 Å². The predicted octanol–water partition coefficient (Wildman–Crippen LogP) is 4.63. The Bertz CT molecular complexity index is 992. The molecule has 1 aliphatic heterocycles. The van der Waals surface area contributed by atoms with Gasteiger partial charge in [-0.15, -0.1) is 0 Å². The van der Waals surface area contributed by atoms with E-state index in [4.69, 9.17) is 20.6 Å². The van der Waals surface area contributed by atoms with Crippen LogP contribution >= 0.6 is 0 Å². The maximum Gasteiger partial charge on any atom is 0.243 e. The van der Waals surface area contributed by atoms with Crippen LogP contribution in [-0.2, 0) is 0 Å². The van der Waals surface area contributed by atoms with E-state index in [-0.39, 0.29) is 12.7 Å². The zero-order valence-corrected chi connectivity index (χ0v) is 19.1. The summed E-state index contributed by atoms with van der Waals surface area (Å²) >= 11 is 0. The summed E-state index contributed by atoms with van der Waals surface area (Å²) in [5.74, 6) is 1.80. The van der Waals surface area contributed by atoms with Crippen molar-refractivity contribution in [3.05, 3.63) is 59.4 Å². The summed E-state index contributed by atoms with van der Waals surface area (Å²) in [5, 5.41) is 12.4. The molecule has 4 N–H and O–H groups in total. The number of fused-ring (bicyclic) bond motifs is 1. The monoisotopic (exact) mass is 434 g/mol. The zero-order valence-electron chi connectivity index (χ0n) is 19.1. The maximum absolute atomic E-state index is 8.99. The third-order valence-corrected chi connectivity index (χ3v) is 6.60. The number of pyridine rings is 1. The van der Waals surface area contributed by atoms with Crippen molar-refractivity contribution in [3.63, 3.8) is 0 Å². The lowest BCUT2D eigenvalue weighted by Gasteiger charge is -2.29. The maximum atomic E-state index is 8.99. The molecule has 1 aliphatic carbocycles. The Hall–Kier alpha value is -2.86. The second-order valence-corrected chi connectivity index (χ2v) is 9.06. The van der Waals surface area contributed by atoms with Crippen molar-refractivity contribution in [3.8, 4) is 5.88 Å². The molecule has 1 fully saturated rings. The van der Waals surface area contributed by atoms with Crippen molar-refractivity contribution in [2.75, 3.05) is 18.9 Å². The van der Waals surface area contributed by atoms with Crippen LogP contribution in [0, 0.1) is 12.8 Å². The van der Waals surface area contributed by atoms with Crippen molar-refractivity contribution in [2.24, 2.45) is 10.9 Å². The number of aliphatic imine (C=N–C) groups is 1. The summed E-state index contributed by atoms with van der Waals surface area (Å²) in [6.07, 6.45) is 5.29. The van der Waals surface area contributed by atoms with E-state index in [0.717, 1.165) is 29.2 Å². The number of aliphatic hydroxyl groups is 1. The summed E-state index contributed by atoms with van der Waals surface area (Å²) in [7, 11) is 0. The van der Waals surface area contributed by atoms with Crippen molar-refractivity contribution in [2.45, 2.75) is 58.0 Å². The van der Waals surface area contributed by atoms with Crippen LogP contribution < -0.4 is 15.8 Å². The third-order valence-electron chi connectivity index (χ3n) is 6.60. The molecule has 0 radical (unpaired) electrons. The number of ether oxygens (including phenoxy) is 1. The molecule has 0 bridgehead atoms.